The van der Waals surface area contributed by atoms with Gasteiger partial charge in [0.25, 0.3) is 0 Å². The van der Waals surface area contributed by atoms with Crippen molar-refractivity contribution >= 4 is 11.9 Å². The van der Waals surface area contributed by atoms with Crippen molar-refractivity contribution in [1.82, 2.24) is 10.2 Å². The number of nitrogens with one attached hydrogen (secondary N) is 1. The number of piperazine rings is 1. The van der Waals surface area contributed by atoms with Crippen LogP contribution in [0.5, 0.6) is 0 Å². The number of carboxylic acids is 1. The summed E-state index contributed by atoms with van der Waals surface area (Å²) in [4.78, 5) is 24.8. The van der Waals surface area contributed by atoms with E-state index in [1.807, 2.05) is 31.2 Å². The number of rotatable bonds is 3. The summed E-state index contributed by atoms with van der Waals surface area (Å²) < 4.78 is 0. The largest absolute Gasteiger partial charge is 0.480 e. The SMILES string of the molecule is Cc1ccccc1CC(=O)N1CCNC(C(=O)O)C1. The average Bonchev–Trinajstić information content (AvgIpc) is 2.41. The van der Waals surface area contributed by atoms with E-state index in [0.717, 1.165) is 11.1 Å². The summed E-state index contributed by atoms with van der Waals surface area (Å²) in [7, 11) is 0. The second kappa shape index (κ2) is 5.84. The van der Waals surface area contributed by atoms with E-state index >= 15 is 0 Å². The molecular formula is C14H18N2O3. The second-order valence-corrected chi connectivity index (χ2v) is 4.79. The molecule has 1 fully saturated rings. The molecule has 0 bridgehead atoms. The molecule has 0 radical (unpaired) electrons. The minimum Gasteiger partial charge on any atom is -0.480 e. The van der Waals surface area contributed by atoms with Crippen LogP contribution in [0.25, 0.3) is 0 Å². The van der Waals surface area contributed by atoms with Crippen LogP contribution < -0.4 is 5.32 Å². The van der Waals surface area contributed by atoms with E-state index in [0.29, 0.717) is 19.5 Å². The lowest BCUT2D eigenvalue weighted by atomic mass is 10.0. The lowest BCUT2D eigenvalue weighted by Crippen LogP contribution is -2.56. The molecule has 1 unspecified atom stereocenters. The minimum atomic E-state index is -0.909. The molecule has 1 aliphatic heterocycles. The molecule has 19 heavy (non-hydrogen) atoms. The van der Waals surface area contributed by atoms with E-state index in [9.17, 15) is 9.59 Å². The highest BCUT2D eigenvalue weighted by atomic mass is 16.4. The number of hydrogen-bond acceptors (Lipinski definition) is 3. The molecule has 1 aliphatic rings. The summed E-state index contributed by atoms with van der Waals surface area (Å²) in [6.45, 7) is 3.30. The number of carbonyl (C=O) groups excluding carboxylic acids is 1. The summed E-state index contributed by atoms with van der Waals surface area (Å²) in [5.74, 6) is -0.921. The lowest BCUT2D eigenvalue weighted by Gasteiger charge is -2.31. The van der Waals surface area contributed by atoms with Crippen molar-refractivity contribution < 1.29 is 14.7 Å². The highest BCUT2D eigenvalue weighted by Gasteiger charge is 2.27. The molecule has 0 aliphatic carbocycles. The monoisotopic (exact) mass is 262 g/mol. The fourth-order valence-electron chi connectivity index (χ4n) is 2.23. The van der Waals surface area contributed by atoms with Crippen LogP contribution in [0.3, 0.4) is 0 Å². The molecule has 2 N–H and O–H groups in total. The molecule has 0 saturated carbocycles. The van der Waals surface area contributed by atoms with E-state index in [1.165, 1.54) is 0 Å². The average molecular weight is 262 g/mol. The Hall–Kier alpha value is -1.88. The van der Waals surface area contributed by atoms with Crippen molar-refractivity contribution in [3.05, 3.63) is 35.4 Å². The van der Waals surface area contributed by atoms with Crippen molar-refractivity contribution in [2.75, 3.05) is 19.6 Å². The van der Waals surface area contributed by atoms with E-state index in [1.54, 1.807) is 4.90 Å². The lowest BCUT2D eigenvalue weighted by molar-refractivity contribution is -0.142. The van der Waals surface area contributed by atoms with E-state index in [4.69, 9.17) is 5.11 Å². The zero-order chi connectivity index (χ0) is 13.8. The molecule has 1 heterocycles. The maximum atomic E-state index is 12.2. The molecule has 1 atom stereocenters. The Morgan fingerprint density at radius 1 is 1.42 bits per heavy atom. The Bertz CT molecular complexity index is 487. The van der Waals surface area contributed by atoms with Crippen LogP contribution in [0.1, 0.15) is 11.1 Å². The number of aryl methyl sites for hydroxylation is 1. The Morgan fingerprint density at radius 3 is 2.84 bits per heavy atom. The number of aliphatic carboxylic acids is 1. The molecule has 1 aromatic carbocycles. The molecule has 1 saturated heterocycles. The van der Waals surface area contributed by atoms with Crippen molar-refractivity contribution in [2.45, 2.75) is 19.4 Å². The summed E-state index contributed by atoms with van der Waals surface area (Å²) in [5.41, 5.74) is 2.08. The van der Waals surface area contributed by atoms with Gasteiger partial charge in [-0.1, -0.05) is 24.3 Å². The third-order valence-electron chi connectivity index (χ3n) is 3.43. The van der Waals surface area contributed by atoms with Crippen molar-refractivity contribution in [2.24, 2.45) is 0 Å². The third-order valence-corrected chi connectivity index (χ3v) is 3.43. The summed E-state index contributed by atoms with van der Waals surface area (Å²) >= 11 is 0. The van der Waals surface area contributed by atoms with Crippen LogP contribution in [0.4, 0.5) is 0 Å². The zero-order valence-corrected chi connectivity index (χ0v) is 10.9. The van der Waals surface area contributed by atoms with Gasteiger partial charge in [0.2, 0.25) is 5.91 Å². The number of carboxylic acid groups (broad SMARTS) is 1. The fraction of sp³-hybridized carbons (Fsp3) is 0.429. The van der Waals surface area contributed by atoms with Crippen molar-refractivity contribution in [1.29, 1.82) is 0 Å². The topological polar surface area (TPSA) is 69.6 Å². The maximum absolute atomic E-state index is 12.2. The molecule has 0 aromatic heterocycles. The Kier molecular flexibility index (Phi) is 4.16. The van der Waals surface area contributed by atoms with Crippen LogP contribution in [0.2, 0.25) is 0 Å². The van der Waals surface area contributed by atoms with E-state index in [-0.39, 0.29) is 12.5 Å². The molecule has 2 rings (SSSR count). The Labute approximate surface area is 112 Å². The number of amides is 1. The predicted molar refractivity (Wildman–Crippen MR) is 70.9 cm³/mol. The van der Waals surface area contributed by atoms with Crippen LogP contribution in [-0.2, 0) is 16.0 Å². The number of nitrogens with zero attached hydrogens (tertiary/aromatic N) is 1. The van der Waals surface area contributed by atoms with Gasteiger partial charge in [0, 0.05) is 19.6 Å². The van der Waals surface area contributed by atoms with Gasteiger partial charge in [-0.15, -0.1) is 0 Å². The van der Waals surface area contributed by atoms with Crippen molar-refractivity contribution in [3.8, 4) is 0 Å². The summed E-state index contributed by atoms with van der Waals surface area (Å²) in [6.07, 6.45) is 0.332. The number of carbonyl (C=O) groups is 2. The van der Waals surface area contributed by atoms with Crippen LogP contribution in [-0.4, -0.2) is 47.6 Å². The molecule has 0 spiro atoms. The van der Waals surface area contributed by atoms with E-state index in [2.05, 4.69) is 5.32 Å². The normalized spacial score (nSPS) is 19.2. The van der Waals surface area contributed by atoms with Gasteiger partial charge in [0.1, 0.15) is 6.04 Å². The van der Waals surface area contributed by atoms with Crippen LogP contribution >= 0.6 is 0 Å². The van der Waals surface area contributed by atoms with Gasteiger partial charge in [-0.2, -0.15) is 0 Å². The van der Waals surface area contributed by atoms with Crippen LogP contribution in [0.15, 0.2) is 24.3 Å². The van der Waals surface area contributed by atoms with Gasteiger partial charge >= 0.3 is 5.97 Å². The summed E-state index contributed by atoms with van der Waals surface area (Å²) in [5, 5.41) is 11.9. The molecule has 102 valence electrons. The van der Waals surface area contributed by atoms with E-state index < -0.39 is 12.0 Å². The second-order valence-electron chi connectivity index (χ2n) is 4.79. The van der Waals surface area contributed by atoms with Gasteiger partial charge in [-0.05, 0) is 18.1 Å². The first kappa shape index (κ1) is 13.5. The first-order chi connectivity index (χ1) is 9.08. The molecule has 1 aromatic rings. The third kappa shape index (κ3) is 3.32. The molecule has 5 heteroatoms. The predicted octanol–water partition coefficient (Wildman–Crippen LogP) is 0.423. The van der Waals surface area contributed by atoms with Gasteiger partial charge in [0.05, 0.1) is 6.42 Å². The highest BCUT2D eigenvalue weighted by molar-refractivity contribution is 5.81. The minimum absolute atomic E-state index is 0.0120. The first-order valence-corrected chi connectivity index (χ1v) is 6.36. The fourth-order valence-corrected chi connectivity index (χ4v) is 2.23. The smallest absolute Gasteiger partial charge is 0.322 e. The van der Waals surface area contributed by atoms with Crippen molar-refractivity contribution in [3.63, 3.8) is 0 Å². The molecule has 5 nitrogen and oxygen atoms in total. The van der Waals surface area contributed by atoms with Gasteiger partial charge in [0.15, 0.2) is 0 Å². The standard InChI is InChI=1S/C14H18N2O3/c1-10-4-2-3-5-11(10)8-13(17)16-7-6-15-12(9-16)14(18)19/h2-5,12,15H,6-9H2,1H3,(H,18,19). The number of hydrogen-bond donors (Lipinski definition) is 2. The quantitative estimate of drug-likeness (QED) is 0.828. The van der Waals surface area contributed by atoms with Gasteiger partial charge in [-0.3, -0.25) is 9.59 Å². The first-order valence-electron chi connectivity index (χ1n) is 6.36. The van der Waals surface area contributed by atoms with Crippen LogP contribution in [0, 0.1) is 6.92 Å². The highest BCUT2D eigenvalue weighted by Crippen LogP contribution is 2.10. The zero-order valence-electron chi connectivity index (χ0n) is 10.9. The van der Waals surface area contributed by atoms with Gasteiger partial charge < -0.3 is 15.3 Å². The molecular weight excluding hydrogens is 244 g/mol. The Balaban J connectivity index is 2.00. The Morgan fingerprint density at radius 2 is 2.16 bits per heavy atom. The maximum Gasteiger partial charge on any atom is 0.322 e. The van der Waals surface area contributed by atoms with Gasteiger partial charge in [-0.25, -0.2) is 0 Å². The molecule has 1 amide bonds. The summed E-state index contributed by atoms with van der Waals surface area (Å²) in [6, 6.07) is 7.10. The number of benzene rings is 1.